The van der Waals surface area contributed by atoms with Crippen LogP contribution < -0.4 is 29.7 Å². The zero-order valence-corrected chi connectivity index (χ0v) is 20.5. The van der Waals surface area contributed by atoms with Crippen LogP contribution in [0.3, 0.4) is 0 Å². The molecule has 2 aliphatic heterocycles. The van der Waals surface area contributed by atoms with Gasteiger partial charge in [0.1, 0.15) is 17.4 Å². The van der Waals surface area contributed by atoms with E-state index >= 15 is 0 Å². The molecule has 180 valence electrons. The number of nitrogens with one attached hydrogen (secondary N) is 1. The molecule has 0 aliphatic carbocycles. The van der Waals surface area contributed by atoms with Crippen molar-refractivity contribution in [3.05, 3.63) is 110 Å². The van der Waals surface area contributed by atoms with Gasteiger partial charge in [0, 0.05) is 11.3 Å². The third-order valence-electron chi connectivity index (χ3n) is 6.62. The molecule has 2 unspecified atom stereocenters. The molecule has 2 aliphatic rings. The molecule has 3 aromatic carbocycles. The second-order valence-corrected chi connectivity index (χ2v) is 9.93. The lowest BCUT2D eigenvalue weighted by Crippen LogP contribution is -2.59. The van der Waals surface area contributed by atoms with E-state index in [-0.39, 0.29) is 11.5 Å². The number of benzene rings is 3. The number of nitrogens with zero attached hydrogens (tertiary/aromatic N) is 2. The number of hydrogen-bond acceptors (Lipinski definition) is 6. The zero-order chi connectivity index (χ0) is 24.9. The number of carbonyl (C=O) groups is 1. The molecule has 0 fully saturated rings. The zero-order valence-electron chi connectivity index (χ0n) is 19.7. The van der Waals surface area contributed by atoms with Crippen molar-refractivity contribution in [3.8, 4) is 11.5 Å². The third kappa shape index (κ3) is 3.61. The summed E-state index contributed by atoms with van der Waals surface area (Å²) in [5.74, 6) is 0.367. The normalized spacial score (nSPS) is 22.0. The van der Waals surface area contributed by atoms with Crippen LogP contribution in [0.2, 0.25) is 0 Å². The van der Waals surface area contributed by atoms with Crippen molar-refractivity contribution in [2.45, 2.75) is 18.7 Å². The number of para-hydroxylation sites is 2. The molecule has 36 heavy (non-hydrogen) atoms. The second kappa shape index (κ2) is 8.49. The van der Waals surface area contributed by atoms with E-state index in [1.807, 2.05) is 91.9 Å². The number of fused-ring (bicyclic) bond motifs is 6. The number of methoxy groups -OCH3 is 1. The summed E-state index contributed by atoms with van der Waals surface area (Å²) in [5.41, 5.74) is 0.976. The van der Waals surface area contributed by atoms with Gasteiger partial charge in [0.2, 0.25) is 11.6 Å². The van der Waals surface area contributed by atoms with Crippen LogP contribution in [0.15, 0.2) is 88.6 Å². The molecule has 6 rings (SSSR count). The molecule has 1 aromatic heterocycles. The van der Waals surface area contributed by atoms with Crippen molar-refractivity contribution in [1.29, 1.82) is 0 Å². The van der Waals surface area contributed by atoms with Crippen LogP contribution in [0.4, 0.5) is 5.69 Å². The highest BCUT2D eigenvalue weighted by molar-refractivity contribution is 7.07. The Morgan fingerprint density at radius 1 is 1.08 bits per heavy atom. The predicted molar refractivity (Wildman–Crippen MR) is 138 cm³/mol. The van der Waals surface area contributed by atoms with Crippen LogP contribution in [-0.4, -0.2) is 23.3 Å². The van der Waals surface area contributed by atoms with Crippen LogP contribution in [-0.2, 0) is 4.79 Å². The van der Waals surface area contributed by atoms with Crippen LogP contribution in [0.25, 0.3) is 6.08 Å². The maximum absolute atomic E-state index is 13.8. The quantitative estimate of drug-likeness (QED) is 0.469. The second-order valence-electron chi connectivity index (χ2n) is 8.93. The van der Waals surface area contributed by atoms with E-state index in [0.29, 0.717) is 20.8 Å². The fourth-order valence-corrected chi connectivity index (χ4v) is 6.04. The molecule has 0 spiro atoms. The monoisotopic (exact) mass is 497 g/mol. The number of thiazole rings is 1. The van der Waals surface area contributed by atoms with E-state index < -0.39 is 17.7 Å². The Morgan fingerprint density at radius 2 is 1.81 bits per heavy atom. The van der Waals surface area contributed by atoms with Crippen molar-refractivity contribution in [2.75, 3.05) is 12.4 Å². The van der Waals surface area contributed by atoms with E-state index in [4.69, 9.17) is 14.5 Å². The molecule has 0 saturated carbocycles. The van der Waals surface area contributed by atoms with E-state index in [1.165, 1.54) is 11.3 Å². The minimum atomic E-state index is -1.17. The summed E-state index contributed by atoms with van der Waals surface area (Å²) in [5, 5.41) is 2.99. The maximum Gasteiger partial charge on any atom is 0.270 e. The summed E-state index contributed by atoms with van der Waals surface area (Å²) in [7, 11) is 1.61. The van der Waals surface area contributed by atoms with Gasteiger partial charge in [-0.2, -0.15) is 0 Å². The van der Waals surface area contributed by atoms with Crippen LogP contribution in [0, 0.1) is 5.92 Å². The van der Waals surface area contributed by atoms with Crippen molar-refractivity contribution in [1.82, 2.24) is 4.57 Å². The van der Waals surface area contributed by atoms with Crippen molar-refractivity contribution >= 4 is 29.0 Å². The SMILES string of the molecule is COc1ccc(C=c2sc3n(c2=O)C2c4ccccc4O[C@@](C)(N=3)C2C(=O)Nc2ccccc2)cc1. The lowest BCUT2D eigenvalue weighted by molar-refractivity contribution is -0.131. The molecule has 4 aromatic rings. The predicted octanol–water partition coefficient (Wildman–Crippen LogP) is 3.33. The lowest BCUT2D eigenvalue weighted by atomic mass is 9.80. The number of carbonyl (C=O) groups excluding carboxylic acids is 1. The van der Waals surface area contributed by atoms with Gasteiger partial charge in [-0.1, -0.05) is 59.9 Å². The smallest absolute Gasteiger partial charge is 0.270 e. The molecular formula is C28H23N3O4S. The number of amides is 1. The van der Waals surface area contributed by atoms with E-state index in [2.05, 4.69) is 5.32 Å². The summed E-state index contributed by atoms with van der Waals surface area (Å²) in [6.07, 6.45) is 1.84. The molecule has 1 N–H and O–H groups in total. The van der Waals surface area contributed by atoms with Gasteiger partial charge < -0.3 is 14.8 Å². The van der Waals surface area contributed by atoms with Gasteiger partial charge in [0.05, 0.1) is 17.7 Å². The van der Waals surface area contributed by atoms with Gasteiger partial charge in [-0.05, 0) is 48.9 Å². The molecule has 3 atom stereocenters. The van der Waals surface area contributed by atoms with Gasteiger partial charge in [0.25, 0.3) is 5.56 Å². The van der Waals surface area contributed by atoms with Gasteiger partial charge in [0.15, 0.2) is 4.80 Å². The Balaban J connectivity index is 1.52. The maximum atomic E-state index is 13.8. The minimum Gasteiger partial charge on any atom is -0.497 e. The summed E-state index contributed by atoms with van der Waals surface area (Å²) in [6, 6.07) is 23.7. The average molecular weight is 498 g/mol. The summed E-state index contributed by atoms with van der Waals surface area (Å²) >= 11 is 1.30. The van der Waals surface area contributed by atoms with Crippen molar-refractivity contribution < 1.29 is 14.3 Å². The van der Waals surface area contributed by atoms with E-state index in [9.17, 15) is 9.59 Å². The van der Waals surface area contributed by atoms with Crippen molar-refractivity contribution in [2.24, 2.45) is 10.9 Å². The van der Waals surface area contributed by atoms with Gasteiger partial charge in [-0.25, -0.2) is 4.99 Å². The number of anilines is 1. The number of hydrogen-bond donors (Lipinski definition) is 1. The highest BCUT2D eigenvalue weighted by Gasteiger charge is 2.55. The first-order valence-corrected chi connectivity index (χ1v) is 12.4. The summed E-state index contributed by atoms with van der Waals surface area (Å²) < 4.78 is 13.8. The van der Waals surface area contributed by atoms with Crippen LogP contribution >= 0.6 is 11.3 Å². The molecule has 1 amide bonds. The number of aromatic nitrogens is 1. The molecule has 2 bridgehead atoms. The van der Waals surface area contributed by atoms with Crippen LogP contribution in [0.5, 0.6) is 11.5 Å². The summed E-state index contributed by atoms with van der Waals surface area (Å²) in [4.78, 5) is 32.8. The highest BCUT2D eigenvalue weighted by atomic mass is 32.1. The fraction of sp³-hybridized carbons (Fsp3) is 0.179. The molecule has 0 radical (unpaired) electrons. The summed E-state index contributed by atoms with van der Waals surface area (Å²) in [6.45, 7) is 1.81. The Morgan fingerprint density at radius 3 is 2.56 bits per heavy atom. The molecule has 3 heterocycles. The van der Waals surface area contributed by atoms with Gasteiger partial charge >= 0.3 is 0 Å². The number of rotatable bonds is 4. The molecule has 0 saturated heterocycles. The van der Waals surface area contributed by atoms with E-state index in [1.54, 1.807) is 11.7 Å². The standard InChI is InChI=1S/C28H23N3O4S/c1-28-23(25(32)29-18-8-4-3-5-9-18)24(20-10-6-7-11-21(20)35-28)31-26(33)22(36-27(31)30-28)16-17-12-14-19(34-2)15-13-17/h3-16,23-24H,1-2H3,(H,29,32)/t23?,24?,28-/m1/s1. The highest BCUT2D eigenvalue weighted by Crippen LogP contribution is 2.47. The fourth-order valence-electron chi connectivity index (χ4n) is 4.94. The third-order valence-corrected chi connectivity index (χ3v) is 7.60. The molecule has 8 heteroatoms. The lowest BCUT2D eigenvalue weighted by Gasteiger charge is -2.45. The first kappa shape index (κ1) is 22.3. The Labute approximate surface area is 211 Å². The first-order valence-electron chi connectivity index (χ1n) is 11.6. The topological polar surface area (TPSA) is 81.9 Å². The van der Waals surface area contributed by atoms with Gasteiger partial charge in [-0.15, -0.1) is 0 Å². The van der Waals surface area contributed by atoms with Gasteiger partial charge in [-0.3, -0.25) is 14.2 Å². The minimum absolute atomic E-state index is 0.184. The Kier molecular flexibility index (Phi) is 5.26. The van der Waals surface area contributed by atoms with E-state index in [0.717, 1.165) is 16.9 Å². The number of ether oxygens (including phenoxy) is 2. The first-order chi connectivity index (χ1) is 17.5. The molecule has 7 nitrogen and oxygen atoms in total. The Hall–Kier alpha value is -4.17. The molecular weight excluding hydrogens is 474 g/mol. The average Bonchev–Trinajstić information content (AvgIpc) is 3.17. The largest absolute Gasteiger partial charge is 0.497 e. The Bertz CT molecular complexity index is 1640. The van der Waals surface area contributed by atoms with Crippen molar-refractivity contribution in [3.63, 3.8) is 0 Å². The van der Waals surface area contributed by atoms with Crippen LogP contribution in [0.1, 0.15) is 24.1 Å².